The molecule has 132 valence electrons. The second-order valence-corrected chi connectivity index (χ2v) is 6.53. The maximum absolute atomic E-state index is 12.9. The summed E-state index contributed by atoms with van der Waals surface area (Å²) in [7, 11) is 0. The van der Waals surface area contributed by atoms with Crippen molar-refractivity contribution in [2.24, 2.45) is 0 Å². The standard InChI is InChI=1S/C20H18N2O4/c1-13-12-26-17-9-5-2-6-14(17)10-21(13)18(23)11-22-19(24)15-7-3-4-8-16(15)20(22)25/h2-9,13H,10-12H2,1H3/t13-/m1/s1. The highest BCUT2D eigenvalue weighted by molar-refractivity contribution is 6.22. The van der Waals surface area contributed by atoms with Crippen molar-refractivity contribution in [3.63, 3.8) is 0 Å². The molecule has 2 aromatic rings. The third-order valence-corrected chi connectivity index (χ3v) is 4.82. The first-order chi connectivity index (χ1) is 12.6. The van der Waals surface area contributed by atoms with Gasteiger partial charge in [-0.15, -0.1) is 0 Å². The van der Waals surface area contributed by atoms with Crippen LogP contribution in [0.1, 0.15) is 33.2 Å². The number of ether oxygens (including phenoxy) is 1. The van der Waals surface area contributed by atoms with Gasteiger partial charge in [0.25, 0.3) is 11.8 Å². The maximum Gasteiger partial charge on any atom is 0.262 e. The van der Waals surface area contributed by atoms with Crippen LogP contribution in [0.3, 0.4) is 0 Å². The molecule has 0 radical (unpaired) electrons. The minimum Gasteiger partial charge on any atom is -0.491 e. The SMILES string of the molecule is C[C@@H]1COc2ccccc2CN1C(=O)CN1C(=O)c2ccccc2C1=O. The van der Waals surface area contributed by atoms with E-state index in [0.717, 1.165) is 16.2 Å². The summed E-state index contributed by atoms with van der Waals surface area (Å²) in [6.07, 6.45) is 0. The van der Waals surface area contributed by atoms with Crippen LogP contribution in [0.25, 0.3) is 0 Å². The Kier molecular flexibility index (Phi) is 3.95. The fourth-order valence-electron chi connectivity index (χ4n) is 3.36. The second kappa shape index (κ2) is 6.29. The van der Waals surface area contributed by atoms with E-state index in [4.69, 9.17) is 4.74 Å². The van der Waals surface area contributed by atoms with Gasteiger partial charge in [0.15, 0.2) is 0 Å². The van der Waals surface area contributed by atoms with E-state index < -0.39 is 11.8 Å². The molecular formula is C20H18N2O4. The van der Waals surface area contributed by atoms with Crippen LogP contribution < -0.4 is 4.74 Å². The molecule has 0 aromatic heterocycles. The van der Waals surface area contributed by atoms with E-state index in [-0.39, 0.29) is 18.5 Å². The summed E-state index contributed by atoms with van der Waals surface area (Å²) in [5, 5.41) is 0. The van der Waals surface area contributed by atoms with Crippen LogP contribution >= 0.6 is 0 Å². The van der Waals surface area contributed by atoms with Crippen LogP contribution in [0.2, 0.25) is 0 Å². The number of nitrogens with zero attached hydrogens (tertiary/aromatic N) is 2. The zero-order valence-corrected chi connectivity index (χ0v) is 14.3. The number of fused-ring (bicyclic) bond motifs is 2. The van der Waals surface area contributed by atoms with E-state index in [0.29, 0.717) is 24.3 Å². The van der Waals surface area contributed by atoms with Crippen molar-refractivity contribution < 1.29 is 19.1 Å². The van der Waals surface area contributed by atoms with E-state index in [1.807, 2.05) is 31.2 Å². The first-order valence-electron chi connectivity index (χ1n) is 8.51. The lowest BCUT2D eigenvalue weighted by atomic mass is 10.1. The van der Waals surface area contributed by atoms with Gasteiger partial charge in [-0.3, -0.25) is 19.3 Å². The average Bonchev–Trinajstić information content (AvgIpc) is 2.80. The van der Waals surface area contributed by atoms with Crippen molar-refractivity contribution >= 4 is 17.7 Å². The first kappa shape index (κ1) is 16.3. The largest absolute Gasteiger partial charge is 0.491 e. The van der Waals surface area contributed by atoms with Crippen LogP contribution in [0.4, 0.5) is 0 Å². The fourth-order valence-corrected chi connectivity index (χ4v) is 3.36. The summed E-state index contributed by atoms with van der Waals surface area (Å²) >= 11 is 0. The Morgan fingerprint density at radius 2 is 1.65 bits per heavy atom. The van der Waals surface area contributed by atoms with Gasteiger partial charge in [0.05, 0.1) is 17.2 Å². The third-order valence-electron chi connectivity index (χ3n) is 4.82. The molecule has 2 aliphatic heterocycles. The molecule has 0 fully saturated rings. The number of carbonyl (C=O) groups is 3. The van der Waals surface area contributed by atoms with Gasteiger partial charge in [0.2, 0.25) is 5.91 Å². The Morgan fingerprint density at radius 3 is 2.35 bits per heavy atom. The minimum atomic E-state index is -0.418. The summed E-state index contributed by atoms with van der Waals surface area (Å²) < 4.78 is 5.76. The maximum atomic E-state index is 12.9. The Balaban J connectivity index is 1.55. The molecule has 3 amide bonds. The predicted octanol–water partition coefficient (Wildman–Crippen LogP) is 2.09. The number of para-hydroxylation sites is 1. The molecule has 0 saturated carbocycles. The lowest BCUT2D eigenvalue weighted by Gasteiger charge is -2.28. The van der Waals surface area contributed by atoms with Gasteiger partial charge in [-0.2, -0.15) is 0 Å². The molecule has 2 heterocycles. The Labute approximate surface area is 151 Å². The zero-order valence-electron chi connectivity index (χ0n) is 14.3. The van der Waals surface area contributed by atoms with Gasteiger partial charge in [-0.1, -0.05) is 30.3 Å². The van der Waals surface area contributed by atoms with Gasteiger partial charge < -0.3 is 9.64 Å². The van der Waals surface area contributed by atoms with Gasteiger partial charge in [-0.25, -0.2) is 0 Å². The molecule has 4 rings (SSSR count). The highest BCUT2D eigenvalue weighted by Crippen LogP contribution is 2.26. The zero-order chi connectivity index (χ0) is 18.3. The van der Waals surface area contributed by atoms with E-state index in [9.17, 15) is 14.4 Å². The van der Waals surface area contributed by atoms with E-state index >= 15 is 0 Å². The summed E-state index contributed by atoms with van der Waals surface area (Å²) in [6, 6.07) is 14.0. The molecule has 0 unspecified atom stereocenters. The van der Waals surface area contributed by atoms with Gasteiger partial charge in [0.1, 0.15) is 18.9 Å². The lowest BCUT2D eigenvalue weighted by molar-refractivity contribution is -0.134. The van der Waals surface area contributed by atoms with Gasteiger partial charge in [0, 0.05) is 12.1 Å². The molecule has 2 aliphatic rings. The molecule has 0 spiro atoms. The van der Waals surface area contributed by atoms with E-state index in [2.05, 4.69) is 0 Å². The predicted molar refractivity (Wildman–Crippen MR) is 93.8 cm³/mol. The molecular weight excluding hydrogens is 332 g/mol. The number of rotatable bonds is 2. The Morgan fingerprint density at radius 1 is 1.04 bits per heavy atom. The van der Waals surface area contributed by atoms with Crippen LogP contribution in [0, 0.1) is 0 Å². The fraction of sp³-hybridized carbons (Fsp3) is 0.250. The molecule has 0 bridgehead atoms. The van der Waals surface area contributed by atoms with E-state index in [1.54, 1.807) is 29.2 Å². The van der Waals surface area contributed by atoms with Crippen molar-refractivity contribution in [1.82, 2.24) is 9.80 Å². The van der Waals surface area contributed by atoms with Crippen molar-refractivity contribution in [3.05, 3.63) is 65.2 Å². The quantitative estimate of drug-likeness (QED) is 0.778. The summed E-state index contributed by atoms with van der Waals surface area (Å²) in [4.78, 5) is 40.5. The summed E-state index contributed by atoms with van der Waals surface area (Å²) in [5.41, 5.74) is 1.61. The van der Waals surface area contributed by atoms with Crippen LogP contribution in [0.15, 0.2) is 48.5 Å². The second-order valence-electron chi connectivity index (χ2n) is 6.53. The van der Waals surface area contributed by atoms with E-state index in [1.165, 1.54) is 0 Å². The van der Waals surface area contributed by atoms with Crippen LogP contribution in [-0.2, 0) is 11.3 Å². The van der Waals surface area contributed by atoms with Gasteiger partial charge in [-0.05, 0) is 25.1 Å². The third kappa shape index (κ3) is 2.63. The van der Waals surface area contributed by atoms with Crippen molar-refractivity contribution in [2.75, 3.05) is 13.2 Å². The number of benzene rings is 2. The topological polar surface area (TPSA) is 66.9 Å². The van der Waals surface area contributed by atoms with Crippen LogP contribution in [0.5, 0.6) is 5.75 Å². The van der Waals surface area contributed by atoms with Crippen molar-refractivity contribution in [2.45, 2.75) is 19.5 Å². The Bertz CT molecular complexity index is 873. The smallest absolute Gasteiger partial charge is 0.262 e. The monoisotopic (exact) mass is 350 g/mol. The lowest BCUT2D eigenvalue weighted by Crippen LogP contribution is -2.46. The minimum absolute atomic E-state index is 0.162. The summed E-state index contributed by atoms with van der Waals surface area (Å²) in [5.74, 6) is -0.348. The molecule has 0 aliphatic carbocycles. The van der Waals surface area contributed by atoms with Crippen LogP contribution in [-0.4, -0.2) is 46.7 Å². The number of hydrogen-bond donors (Lipinski definition) is 0. The average molecular weight is 350 g/mol. The molecule has 1 atom stereocenters. The van der Waals surface area contributed by atoms with Gasteiger partial charge >= 0.3 is 0 Å². The summed E-state index contributed by atoms with van der Waals surface area (Å²) in [6.45, 7) is 2.38. The highest BCUT2D eigenvalue weighted by atomic mass is 16.5. The molecule has 2 aromatic carbocycles. The molecule has 0 N–H and O–H groups in total. The van der Waals surface area contributed by atoms with Crippen molar-refractivity contribution in [3.8, 4) is 5.75 Å². The number of imide groups is 1. The highest BCUT2D eigenvalue weighted by Gasteiger charge is 2.38. The normalized spacial score (nSPS) is 18.9. The van der Waals surface area contributed by atoms with Crippen molar-refractivity contribution in [1.29, 1.82) is 0 Å². The number of amides is 3. The molecule has 26 heavy (non-hydrogen) atoms. The number of hydrogen-bond acceptors (Lipinski definition) is 4. The molecule has 6 nitrogen and oxygen atoms in total. The Hall–Kier alpha value is -3.15. The first-order valence-corrected chi connectivity index (χ1v) is 8.51. The molecule has 6 heteroatoms. The number of carbonyl (C=O) groups excluding carboxylic acids is 3. The molecule has 0 saturated heterocycles.